The highest BCUT2D eigenvalue weighted by molar-refractivity contribution is 7.99. The Morgan fingerprint density at radius 2 is 2.50 bits per heavy atom. The fourth-order valence-corrected chi connectivity index (χ4v) is 3.20. The van der Waals surface area contributed by atoms with Gasteiger partial charge in [-0.25, -0.2) is 4.98 Å². The molecule has 0 bridgehead atoms. The van der Waals surface area contributed by atoms with Crippen molar-refractivity contribution in [2.75, 3.05) is 19.3 Å². The van der Waals surface area contributed by atoms with Gasteiger partial charge in [-0.3, -0.25) is 0 Å². The molecular formula is C12H20N2OS. The number of thioether (sulfide) groups is 1. The molecule has 4 heteroatoms. The highest BCUT2D eigenvalue weighted by atomic mass is 32.2. The van der Waals surface area contributed by atoms with E-state index in [2.05, 4.69) is 10.3 Å². The van der Waals surface area contributed by atoms with Gasteiger partial charge in [0.15, 0.2) is 0 Å². The molecule has 1 aromatic heterocycles. The van der Waals surface area contributed by atoms with Gasteiger partial charge in [0.05, 0.1) is 11.4 Å². The first-order valence-corrected chi connectivity index (χ1v) is 7.16. The number of aromatic nitrogens is 1. The van der Waals surface area contributed by atoms with Crippen molar-refractivity contribution in [3.63, 3.8) is 0 Å². The van der Waals surface area contributed by atoms with E-state index in [4.69, 9.17) is 4.42 Å². The van der Waals surface area contributed by atoms with Crippen LogP contribution in [0.1, 0.15) is 42.6 Å². The van der Waals surface area contributed by atoms with E-state index in [-0.39, 0.29) is 0 Å². The molecule has 0 aliphatic carbocycles. The van der Waals surface area contributed by atoms with Crippen LogP contribution in [-0.2, 0) is 6.42 Å². The van der Waals surface area contributed by atoms with Crippen LogP contribution >= 0.6 is 11.8 Å². The summed E-state index contributed by atoms with van der Waals surface area (Å²) in [5.41, 5.74) is 0. The van der Waals surface area contributed by atoms with Crippen LogP contribution in [-0.4, -0.2) is 24.3 Å². The molecule has 0 spiro atoms. The molecule has 1 atom stereocenters. The van der Waals surface area contributed by atoms with Crippen LogP contribution in [0, 0.1) is 0 Å². The van der Waals surface area contributed by atoms with Crippen molar-refractivity contribution in [3.8, 4) is 0 Å². The maximum Gasteiger partial charge on any atom is 0.207 e. The van der Waals surface area contributed by atoms with Crippen molar-refractivity contribution < 1.29 is 4.42 Å². The quantitative estimate of drug-likeness (QED) is 0.803. The largest absolute Gasteiger partial charge is 0.445 e. The third kappa shape index (κ3) is 3.25. The van der Waals surface area contributed by atoms with Crippen LogP contribution < -0.4 is 5.32 Å². The predicted molar refractivity (Wildman–Crippen MR) is 67.8 cm³/mol. The van der Waals surface area contributed by atoms with Gasteiger partial charge in [0.1, 0.15) is 5.76 Å². The zero-order valence-electron chi connectivity index (χ0n) is 9.87. The van der Waals surface area contributed by atoms with E-state index in [1.165, 1.54) is 25.0 Å². The van der Waals surface area contributed by atoms with Crippen LogP contribution in [0.3, 0.4) is 0 Å². The second kappa shape index (κ2) is 6.30. The SMILES string of the molecule is CNCCCc1cnc(C2CCCCS2)o1. The molecule has 1 saturated heterocycles. The summed E-state index contributed by atoms with van der Waals surface area (Å²) in [6, 6.07) is 0. The van der Waals surface area contributed by atoms with E-state index < -0.39 is 0 Å². The first kappa shape index (κ1) is 12.0. The number of oxazole rings is 1. The Bertz CT molecular complexity index is 308. The topological polar surface area (TPSA) is 38.1 Å². The van der Waals surface area contributed by atoms with Gasteiger partial charge < -0.3 is 9.73 Å². The molecule has 3 nitrogen and oxygen atoms in total. The summed E-state index contributed by atoms with van der Waals surface area (Å²) in [5, 5.41) is 3.65. The molecule has 0 saturated carbocycles. The van der Waals surface area contributed by atoms with Gasteiger partial charge in [0, 0.05) is 6.42 Å². The van der Waals surface area contributed by atoms with Gasteiger partial charge in [0.25, 0.3) is 0 Å². The monoisotopic (exact) mass is 240 g/mol. The Kier molecular flexibility index (Phi) is 4.72. The molecule has 1 aliphatic rings. The van der Waals surface area contributed by atoms with E-state index in [9.17, 15) is 0 Å². The van der Waals surface area contributed by atoms with E-state index in [0.717, 1.165) is 31.0 Å². The highest BCUT2D eigenvalue weighted by Gasteiger charge is 2.20. The van der Waals surface area contributed by atoms with Crippen molar-refractivity contribution in [1.29, 1.82) is 0 Å². The molecule has 1 fully saturated rings. The van der Waals surface area contributed by atoms with Gasteiger partial charge in [-0.2, -0.15) is 0 Å². The summed E-state index contributed by atoms with van der Waals surface area (Å²) < 4.78 is 5.81. The summed E-state index contributed by atoms with van der Waals surface area (Å²) in [4.78, 5) is 4.41. The van der Waals surface area contributed by atoms with Gasteiger partial charge in [0.2, 0.25) is 5.89 Å². The lowest BCUT2D eigenvalue weighted by Gasteiger charge is -2.17. The molecule has 0 amide bonds. The average molecular weight is 240 g/mol. The minimum Gasteiger partial charge on any atom is -0.445 e. The normalized spacial score (nSPS) is 21.2. The Morgan fingerprint density at radius 1 is 1.56 bits per heavy atom. The lowest BCUT2D eigenvalue weighted by Crippen LogP contribution is -2.08. The van der Waals surface area contributed by atoms with Gasteiger partial charge in [-0.05, 0) is 38.6 Å². The molecule has 1 unspecified atom stereocenters. The van der Waals surface area contributed by atoms with E-state index >= 15 is 0 Å². The number of aryl methyl sites for hydroxylation is 1. The Labute approximate surface area is 101 Å². The number of hydrogen-bond acceptors (Lipinski definition) is 4. The molecule has 2 heterocycles. The summed E-state index contributed by atoms with van der Waals surface area (Å²) in [6.45, 7) is 1.04. The Balaban J connectivity index is 1.85. The van der Waals surface area contributed by atoms with Gasteiger partial charge in [-0.1, -0.05) is 6.42 Å². The molecule has 16 heavy (non-hydrogen) atoms. The zero-order valence-corrected chi connectivity index (χ0v) is 10.7. The summed E-state index contributed by atoms with van der Waals surface area (Å²) in [6.07, 6.45) is 7.89. The van der Waals surface area contributed by atoms with E-state index in [0.29, 0.717) is 5.25 Å². The summed E-state index contributed by atoms with van der Waals surface area (Å²) in [7, 11) is 1.98. The molecule has 1 aliphatic heterocycles. The third-order valence-corrected chi connectivity index (χ3v) is 4.24. The highest BCUT2D eigenvalue weighted by Crippen LogP contribution is 2.37. The molecule has 1 N–H and O–H groups in total. The third-order valence-electron chi connectivity index (χ3n) is 2.88. The van der Waals surface area contributed by atoms with E-state index in [1.54, 1.807) is 0 Å². The molecule has 1 aromatic rings. The zero-order chi connectivity index (χ0) is 11.2. The van der Waals surface area contributed by atoms with Crippen LogP contribution in [0.15, 0.2) is 10.6 Å². The maximum atomic E-state index is 5.81. The van der Waals surface area contributed by atoms with Crippen molar-refractivity contribution in [3.05, 3.63) is 17.8 Å². The lowest BCUT2D eigenvalue weighted by molar-refractivity contribution is 0.435. The number of rotatable bonds is 5. The Hall–Kier alpha value is -0.480. The van der Waals surface area contributed by atoms with Crippen molar-refractivity contribution >= 4 is 11.8 Å². The number of nitrogens with one attached hydrogen (secondary N) is 1. The first-order valence-electron chi connectivity index (χ1n) is 6.11. The maximum absolute atomic E-state index is 5.81. The first-order chi connectivity index (χ1) is 7.90. The fourth-order valence-electron chi connectivity index (χ4n) is 1.96. The standard InChI is InChI=1S/C12H20N2OS/c1-13-7-4-5-10-9-14-12(15-10)11-6-2-3-8-16-11/h9,11,13H,2-8H2,1H3. The second-order valence-electron chi connectivity index (χ2n) is 4.23. The van der Waals surface area contributed by atoms with Gasteiger partial charge >= 0.3 is 0 Å². The number of nitrogens with zero attached hydrogens (tertiary/aromatic N) is 1. The minimum absolute atomic E-state index is 0.506. The van der Waals surface area contributed by atoms with Gasteiger partial charge in [-0.15, -0.1) is 11.8 Å². The average Bonchev–Trinajstić information content (AvgIpc) is 2.79. The molecule has 90 valence electrons. The Morgan fingerprint density at radius 3 is 3.25 bits per heavy atom. The van der Waals surface area contributed by atoms with Crippen molar-refractivity contribution in [2.24, 2.45) is 0 Å². The molecule has 0 radical (unpaired) electrons. The summed E-state index contributed by atoms with van der Waals surface area (Å²) >= 11 is 1.99. The lowest BCUT2D eigenvalue weighted by atomic mass is 10.2. The van der Waals surface area contributed by atoms with Crippen LogP contribution in [0.2, 0.25) is 0 Å². The molecular weight excluding hydrogens is 220 g/mol. The second-order valence-corrected chi connectivity index (χ2v) is 5.54. The number of hydrogen-bond donors (Lipinski definition) is 1. The summed E-state index contributed by atoms with van der Waals surface area (Å²) in [5.74, 6) is 3.24. The van der Waals surface area contributed by atoms with Crippen LogP contribution in [0.25, 0.3) is 0 Å². The van der Waals surface area contributed by atoms with E-state index in [1.807, 2.05) is 25.0 Å². The van der Waals surface area contributed by atoms with Crippen molar-refractivity contribution in [2.45, 2.75) is 37.4 Å². The smallest absolute Gasteiger partial charge is 0.207 e. The molecule has 2 rings (SSSR count). The van der Waals surface area contributed by atoms with Crippen LogP contribution in [0.4, 0.5) is 0 Å². The predicted octanol–water partition coefficient (Wildman–Crippen LogP) is 2.78. The van der Waals surface area contributed by atoms with Crippen molar-refractivity contribution in [1.82, 2.24) is 10.3 Å². The fraction of sp³-hybridized carbons (Fsp3) is 0.750. The minimum atomic E-state index is 0.506. The molecule has 0 aromatic carbocycles. The van der Waals surface area contributed by atoms with Crippen LogP contribution in [0.5, 0.6) is 0 Å².